The molecule has 0 aliphatic carbocycles. The molecule has 0 spiro atoms. The van der Waals surface area contributed by atoms with E-state index in [1.54, 1.807) is 14.2 Å². The van der Waals surface area contributed by atoms with E-state index in [2.05, 4.69) is 24.8 Å². The third-order valence-electron chi connectivity index (χ3n) is 3.60. The first-order valence-electron chi connectivity index (χ1n) is 5.74. The summed E-state index contributed by atoms with van der Waals surface area (Å²) in [4.78, 5) is 2.24. The van der Waals surface area contributed by atoms with Gasteiger partial charge in [0.25, 0.3) is 0 Å². The highest BCUT2D eigenvalue weighted by Crippen LogP contribution is 2.36. The molecule has 2 rings (SSSR count). The predicted molar refractivity (Wildman–Crippen MR) is 69.3 cm³/mol. The molecule has 4 heteroatoms. The van der Waals surface area contributed by atoms with Crippen LogP contribution in [0.5, 0.6) is 0 Å². The van der Waals surface area contributed by atoms with Gasteiger partial charge in [-0.25, -0.2) is 0 Å². The van der Waals surface area contributed by atoms with Gasteiger partial charge in [0.1, 0.15) is 0 Å². The summed E-state index contributed by atoms with van der Waals surface area (Å²) in [7, 11) is 3.36. The first-order valence-corrected chi connectivity index (χ1v) is 5.74. The number of anilines is 2. The molecule has 1 aliphatic rings. The van der Waals surface area contributed by atoms with Crippen LogP contribution in [0.15, 0.2) is 12.1 Å². The molecule has 2 N–H and O–H groups in total. The van der Waals surface area contributed by atoms with E-state index >= 15 is 0 Å². The van der Waals surface area contributed by atoms with Crippen LogP contribution in [0.25, 0.3) is 0 Å². The minimum atomic E-state index is -0.455. The van der Waals surface area contributed by atoms with Crippen molar-refractivity contribution in [2.24, 2.45) is 0 Å². The molecule has 0 atom stereocenters. The highest BCUT2D eigenvalue weighted by Gasteiger charge is 2.44. The van der Waals surface area contributed by atoms with E-state index in [0.29, 0.717) is 0 Å². The van der Waals surface area contributed by atoms with Crippen molar-refractivity contribution >= 4 is 11.4 Å². The lowest BCUT2D eigenvalue weighted by Gasteiger charge is -2.49. The van der Waals surface area contributed by atoms with Crippen LogP contribution in [0.4, 0.5) is 11.4 Å². The van der Waals surface area contributed by atoms with Crippen molar-refractivity contribution < 1.29 is 9.47 Å². The normalized spacial score (nSPS) is 18.0. The zero-order valence-corrected chi connectivity index (χ0v) is 10.9. The van der Waals surface area contributed by atoms with Crippen molar-refractivity contribution in [3.8, 4) is 0 Å². The molecule has 1 fully saturated rings. The van der Waals surface area contributed by atoms with Gasteiger partial charge < -0.3 is 20.1 Å². The molecule has 1 heterocycles. The number of rotatable bonds is 3. The fourth-order valence-corrected chi connectivity index (χ4v) is 2.37. The van der Waals surface area contributed by atoms with Crippen LogP contribution in [0.3, 0.4) is 0 Å². The summed E-state index contributed by atoms with van der Waals surface area (Å²) in [6.07, 6.45) is 0. The largest absolute Gasteiger partial charge is 0.398 e. The van der Waals surface area contributed by atoms with Gasteiger partial charge in [-0.15, -0.1) is 0 Å². The molecule has 17 heavy (non-hydrogen) atoms. The third kappa shape index (κ3) is 1.87. The van der Waals surface area contributed by atoms with Gasteiger partial charge in [-0.3, -0.25) is 0 Å². The standard InChI is InChI=1S/C13H20N2O2/c1-9-5-6-11(14)10(2)12(9)15-7-13(8-15,16-3)17-4/h5-6H,7-8,14H2,1-4H3. The summed E-state index contributed by atoms with van der Waals surface area (Å²) in [6.45, 7) is 5.63. The molecule has 0 amide bonds. The summed E-state index contributed by atoms with van der Waals surface area (Å²) >= 11 is 0. The Hall–Kier alpha value is -1.26. The number of hydrogen-bond donors (Lipinski definition) is 1. The molecule has 0 unspecified atom stereocenters. The molecule has 1 saturated heterocycles. The average Bonchev–Trinajstić information content (AvgIpc) is 2.27. The van der Waals surface area contributed by atoms with E-state index in [-0.39, 0.29) is 0 Å². The Morgan fingerprint density at radius 3 is 2.29 bits per heavy atom. The number of nitrogen functional groups attached to an aromatic ring is 1. The molecule has 0 saturated carbocycles. The summed E-state index contributed by atoms with van der Waals surface area (Å²) < 4.78 is 10.8. The molecule has 0 bridgehead atoms. The lowest BCUT2D eigenvalue weighted by Crippen LogP contribution is -2.64. The van der Waals surface area contributed by atoms with E-state index in [4.69, 9.17) is 15.2 Å². The SMILES string of the molecule is COC1(OC)CN(c2c(C)ccc(N)c2C)C1. The second-order valence-corrected chi connectivity index (χ2v) is 4.62. The lowest BCUT2D eigenvalue weighted by atomic mass is 10.00. The fourth-order valence-electron chi connectivity index (χ4n) is 2.37. The molecular weight excluding hydrogens is 216 g/mol. The van der Waals surface area contributed by atoms with Gasteiger partial charge in [0.2, 0.25) is 5.79 Å². The van der Waals surface area contributed by atoms with Crippen molar-refractivity contribution in [2.75, 3.05) is 37.9 Å². The molecule has 94 valence electrons. The first kappa shape index (κ1) is 12.2. The van der Waals surface area contributed by atoms with E-state index < -0.39 is 5.79 Å². The Kier molecular flexibility index (Phi) is 3.02. The Labute approximate surface area is 102 Å². The van der Waals surface area contributed by atoms with Crippen LogP contribution in [-0.2, 0) is 9.47 Å². The van der Waals surface area contributed by atoms with Crippen LogP contribution in [0.2, 0.25) is 0 Å². The molecule has 1 aromatic rings. The zero-order chi connectivity index (χ0) is 12.6. The van der Waals surface area contributed by atoms with Gasteiger partial charge >= 0.3 is 0 Å². The number of methoxy groups -OCH3 is 2. The summed E-state index contributed by atoms with van der Waals surface area (Å²) in [6, 6.07) is 4.01. The average molecular weight is 236 g/mol. The topological polar surface area (TPSA) is 47.7 Å². The monoisotopic (exact) mass is 236 g/mol. The summed E-state index contributed by atoms with van der Waals surface area (Å²) in [5.74, 6) is -0.455. The summed E-state index contributed by atoms with van der Waals surface area (Å²) in [5.41, 5.74) is 10.3. The maximum absolute atomic E-state index is 5.95. The van der Waals surface area contributed by atoms with Crippen LogP contribution in [-0.4, -0.2) is 33.1 Å². The number of ether oxygens (including phenoxy) is 2. The van der Waals surface area contributed by atoms with Crippen LogP contribution >= 0.6 is 0 Å². The Bertz CT molecular complexity index is 420. The quantitative estimate of drug-likeness (QED) is 0.641. The number of benzene rings is 1. The van der Waals surface area contributed by atoms with E-state index in [1.807, 2.05) is 6.07 Å². The number of nitrogens with two attached hydrogens (primary N) is 1. The van der Waals surface area contributed by atoms with Gasteiger partial charge in [0, 0.05) is 25.6 Å². The van der Waals surface area contributed by atoms with Gasteiger partial charge in [0.15, 0.2) is 0 Å². The molecule has 4 nitrogen and oxygen atoms in total. The highest BCUT2D eigenvalue weighted by molar-refractivity contribution is 5.69. The maximum Gasteiger partial charge on any atom is 0.203 e. The van der Waals surface area contributed by atoms with Crippen molar-refractivity contribution in [3.63, 3.8) is 0 Å². The number of nitrogens with zero attached hydrogens (tertiary/aromatic N) is 1. The van der Waals surface area contributed by atoms with E-state index in [1.165, 1.54) is 11.3 Å². The van der Waals surface area contributed by atoms with Crippen molar-refractivity contribution in [1.29, 1.82) is 0 Å². The Morgan fingerprint density at radius 1 is 1.18 bits per heavy atom. The maximum atomic E-state index is 5.95. The van der Waals surface area contributed by atoms with Crippen molar-refractivity contribution in [1.82, 2.24) is 0 Å². The second-order valence-electron chi connectivity index (χ2n) is 4.62. The predicted octanol–water partition coefficient (Wildman–Crippen LogP) is 1.69. The molecule has 1 aliphatic heterocycles. The van der Waals surface area contributed by atoms with Crippen molar-refractivity contribution in [3.05, 3.63) is 23.3 Å². The minimum absolute atomic E-state index is 0.455. The first-order chi connectivity index (χ1) is 8.03. The zero-order valence-electron chi connectivity index (χ0n) is 10.9. The van der Waals surface area contributed by atoms with Crippen LogP contribution < -0.4 is 10.6 Å². The number of aryl methyl sites for hydroxylation is 1. The van der Waals surface area contributed by atoms with Gasteiger partial charge in [0.05, 0.1) is 13.1 Å². The Balaban J connectivity index is 2.24. The molecule has 0 radical (unpaired) electrons. The Morgan fingerprint density at radius 2 is 1.76 bits per heavy atom. The lowest BCUT2D eigenvalue weighted by molar-refractivity contribution is -0.219. The van der Waals surface area contributed by atoms with Crippen molar-refractivity contribution in [2.45, 2.75) is 19.6 Å². The van der Waals surface area contributed by atoms with Gasteiger partial charge in [-0.1, -0.05) is 6.07 Å². The smallest absolute Gasteiger partial charge is 0.203 e. The number of hydrogen-bond acceptors (Lipinski definition) is 4. The second kappa shape index (κ2) is 4.20. The van der Waals surface area contributed by atoms with Crippen LogP contribution in [0.1, 0.15) is 11.1 Å². The van der Waals surface area contributed by atoms with Gasteiger partial charge in [-0.2, -0.15) is 0 Å². The van der Waals surface area contributed by atoms with E-state index in [0.717, 1.165) is 24.3 Å². The minimum Gasteiger partial charge on any atom is -0.398 e. The highest BCUT2D eigenvalue weighted by atomic mass is 16.7. The third-order valence-corrected chi connectivity index (χ3v) is 3.60. The van der Waals surface area contributed by atoms with Gasteiger partial charge in [-0.05, 0) is 31.0 Å². The van der Waals surface area contributed by atoms with E-state index in [9.17, 15) is 0 Å². The van der Waals surface area contributed by atoms with Crippen LogP contribution in [0, 0.1) is 13.8 Å². The molecule has 1 aromatic carbocycles. The summed E-state index contributed by atoms with van der Waals surface area (Å²) in [5, 5.41) is 0. The molecular formula is C13H20N2O2. The fraction of sp³-hybridized carbons (Fsp3) is 0.538. The molecule has 0 aromatic heterocycles.